The Morgan fingerprint density at radius 3 is 2.48 bits per heavy atom. The summed E-state index contributed by atoms with van der Waals surface area (Å²) in [6, 6.07) is 9.26. The first-order chi connectivity index (χ1) is 9.99. The first-order valence-electron chi connectivity index (χ1n) is 7.56. The summed E-state index contributed by atoms with van der Waals surface area (Å²) in [6.45, 7) is 8.54. The van der Waals surface area contributed by atoms with Crippen molar-refractivity contribution < 1.29 is 0 Å². The van der Waals surface area contributed by atoms with Gasteiger partial charge in [0, 0.05) is 24.7 Å². The first kappa shape index (κ1) is 15.7. The lowest BCUT2D eigenvalue weighted by Gasteiger charge is -2.15. The van der Waals surface area contributed by atoms with E-state index in [-0.39, 0.29) is 6.04 Å². The number of hydrogen-bond donors (Lipinski definition) is 2. The highest BCUT2D eigenvalue weighted by atomic mass is 15.3. The van der Waals surface area contributed by atoms with E-state index in [1.54, 1.807) is 0 Å². The summed E-state index contributed by atoms with van der Waals surface area (Å²) in [4.78, 5) is 0. The maximum absolute atomic E-state index is 5.72. The molecular weight excluding hydrogens is 260 g/mol. The normalized spacial score (nSPS) is 12.9. The Labute approximate surface area is 127 Å². The second kappa shape index (κ2) is 6.87. The van der Waals surface area contributed by atoms with Crippen LogP contribution >= 0.6 is 0 Å². The highest BCUT2D eigenvalue weighted by Gasteiger charge is 2.12. The number of nitrogens with two attached hydrogens (primary N) is 1. The molecule has 1 atom stereocenters. The second-order valence-electron chi connectivity index (χ2n) is 6.07. The largest absolute Gasteiger partial charge is 0.271 e. The van der Waals surface area contributed by atoms with E-state index in [0.717, 1.165) is 18.5 Å². The SMILES string of the molecule is Cc1ccc(CC(Cc2ccn(C(C)C)n2)NN)cc1C. The minimum Gasteiger partial charge on any atom is -0.271 e. The molecule has 0 aliphatic heterocycles. The molecule has 0 fully saturated rings. The summed E-state index contributed by atoms with van der Waals surface area (Å²) in [6.07, 6.45) is 3.78. The van der Waals surface area contributed by atoms with Gasteiger partial charge in [0.25, 0.3) is 0 Å². The van der Waals surface area contributed by atoms with Gasteiger partial charge in [0.15, 0.2) is 0 Å². The van der Waals surface area contributed by atoms with Gasteiger partial charge in [0.1, 0.15) is 0 Å². The van der Waals surface area contributed by atoms with E-state index in [0.29, 0.717) is 6.04 Å². The van der Waals surface area contributed by atoms with Crippen LogP contribution < -0.4 is 11.3 Å². The molecule has 0 aliphatic carbocycles. The molecular formula is C17H26N4. The smallest absolute Gasteiger partial charge is 0.0640 e. The van der Waals surface area contributed by atoms with E-state index in [2.05, 4.69) is 62.5 Å². The van der Waals surface area contributed by atoms with Crippen molar-refractivity contribution in [2.24, 2.45) is 5.84 Å². The van der Waals surface area contributed by atoms with Crippen LogP contribution in [0, 0.1) is 13.8 Å². The maximum atomic E-state index is 5.72. The third kappa shape index (κ3) is 4.16. The van der Waals surface area contributed by atoms with Gasteiger partial charge in [-0.2, -0.15) is 5.10 Å². The molecule has 0 spiro atoms. The Bertz CT molecular complexity index is 586. The zero-order valence-electron chi connectivity index (χ0n) is 13.4. The van der Waals surface area contributed by atoms with Gasteiger partial charge in [-0.25, -0.2) is 0 Å². The van der Waals surface area contributed by atoms with Crippen molar-refractivity contribution in [3.05, 3.63) is 52.8 Å². The number of aromatic nitrogens is 2. The van der Waals surface area contributed by atoms with Gasteiger partial charge in [-0.05, 0) is 56.9 Å². The lowest BCUT2D eigenvalue weighted by molar-refractivity contribution is 0.495. The summed E-state index contributed by atoms with van der Waals surface area (Å²) in [7, 11) is 0. The predicted molar refractivity (Wildman–Crippen MR) is 87.0 cm³/mol. The highest BCUT2D eigenvalue weighted by molar-refractivity contribution is 5.30. The molecule has 0 radical (unpaired) electrons. The Morgan fingerprint density at radius 1 is 1.14 bits per heavy atom. The summed E-state index contributed by atoms with van der Waals surface area (Å²) < 4.78 is 1.99. The molecule has 0 saturated carbocycles. The fraction of sp³-hybridized carbons (Fsp3) is 0.471. The van der Waals surface area contributed by atoms with Crippen molar-refractivity contribution in [2.45, 2.75) is 52.6 Å². The van der Waals surface area contributed by atoms with E-state index in [9.17, 15) is 0 Å². The molecule has 114 valence electrons. The predicted octanol–water partition coefficient (Wildman–Crippen LogP) is 2.70. The van der Waals surface area contributed by atoms with Gasteiger partial charge >= 0.3 is 0 Å². The summed E-state index contributed by atoms with van der Waals surface area (Å²) >= 11 is 0. The minimum atomic E-state index is 0.197. The van der Waals surface area contributed by atoms with Crippen LogP contribution in [0.15, 0.2) is 30.5 Å². The number of hydrogen-bond acceptors (Lipinski definition) is 3. The van der Waals surface area contributed by atoms with E-state index in [4.69, 9.17) is 5.84 Å². The van der Waals surface area contributed by atoms with Crippen LogP contribution in [0.1, 0.15) is 42.3 Å². The number of nitrogens with one attached hydrogen (secondary N) is 1. The van der Waals surface area contributed by atoms with Crippen LogP contribution in [-0.4, -0.2) is 15.8 Å². The molecule has 0 saturated heterocycles. The fourth-order valence-electron chi connectivity index (χ4n) is 2.43. The molecule has 0 amide bonds. The van der Waals surface area contributed by atoms with Crippen molar-refractivity contribution in [3.63, 3.8) is 0 Å². The summed E-state index contributed by atoms with van der Waals surface area (Å²) in [5.74, 6) is 5.72. The lowest BCUT2D eigenvalue weighted by Crippen LogP contribution is -2.38. The molecule has 0 bridgehead atoms. The third-order valence-corrected chi connectivity index (χ3v) is 3.94. The van der Waals surface area contributed by atoms with Gasteiger partial charge in [-0.3, -0.25) is 16.0 Å². The fourth-order valence-corrected chi connectivity index (χ4v) is 2.43. The number of aryl methyl sites for hydroxylation is 2. The minimum absolute atomic E-state index is 0.197. The zero-order valence-corrected chi connectivity index (χ0v) is 13.4. The van der Waals surface area contributed by atoms with Crippen molar-refractivity contribution >= 4 is 0 Å². The number of benzene rings is 1. The van der Waals surface area contributed by atoms with Crippen molar-refractivity contribution in [1.29, 1.82) is 0 Å². The Balaban J connectivity index is 2.03. The Hall–Kier alpha value is -1.65. The van der Waals surface area contributed by atoms with Crippen molar-refractivity contribution in [2.75, 3.05) is 0 Å². The molecule has 4 heteroatoms. The van der Waals surface area contributed by atoms with Crippen LogP contribution in [0.5, 0.6) is 0 Å². The molecule has 4 nitrogen and oxygen atoms in total. The molecule has 1 aromatic heterocycles. The van der Waals surface area contributed by atoms with E-state index in [1.165, 1.54) is 16.7 Å². The van der Waals surface area contributed by atoms with Gasteiger partial charge in [-0.1, -0.05) is 18.2 Å². The van der Waals surface area contributed by atoms with Gasteiger partial charge < -0.3 is 0 Å². The number of rotatable bonds is 6. The standard InChI is InChI=1S/C17H26N4/c1-12(2)21-8-7-16(20-21)11-17(19-18)10-15-6-5-13(3)14(4)9-15/h5-9,12,17,19H,10-11,18H2,1-4H3. The Morgan fingerprint density at radius 2 is 1.90 bits per heavy atom. The highest BCUT2D eigenvalue weighted by Crippen LogP contribution is 2.13. The molecule has 2 aromatic rings. The van der Waals surface area contributed by atoms with Gasteiger partial charge in [0.2, 0.25) is 0 Å². The van der Waals surface area contributed by atoms with Crippen molar-refractivity contribution in [3.8, 4) is 0 Å². The van der Waals surface area contributed by atoms with Crippen LogP contribution in [0.25, 0.3) is 0 Å². The topological polar surface area (TPSA) is 55.9 Å². The molecule has 1 aromatic carbocycles. The summed E-state index contributed by atoms with van der Waals surface area (Å²) in [5, 5.41) is 4.59. The van der Waals surface area contributed by atoms with Gasteiger partial charge in [0.05, 0.1) is 5.69 Å². The first-order valence-corrected chi connectivity index (χ1v) is 7.56. The average Bonchev–Trinajstić information content (AvgIpc) is 2.91. The van der Waals surface area contributed by atoms with E-state index in [1.807, 2.05) is 10.9 Å². The molecule has 0 aliphatic rings. The Kier molecular flexibility index (Phi) is 5.15. The van der Waals surface area contributed by atoms with Crippen LogP contribution in [-0.2, 0) is 12.8 Å². The molecule has 1 unspecified atom stereocenters. The van der Waals surface area contributed by atoms with Crippen molar-refractivity contribution in [1.82, 2.24) is 15.2 Å². The van der Waals surface area contributed by atoms with Crippen LogP contribution in [0.3, 0.4) is 0 Å². The number of nitrogens with zero attached hydrogens (tertiary/aromatic N) is 2. The zero-order chi connectivity index (χ0) is 15.4. The molecule has 21 heavy (non-hydrogen) atoms. The number of hydrazine groups is 1. The third-order valence-electron chi connectivity index (χ3n) is 3.94. The van der Waals surface area contributed by atoms with Crippen LogP contribution in [0.2, 0.25) is 0 Å². The molecule has 1 heterocycles. The molecule has 2 rings (SSSR count). The monoisotopic (exact) mass is 286 g/mol. The quantitative estimate of drug-likeness (QED) is 0.634. The van der Waals surface area contributed by atoms with Crippen LogP contribution in [0.4, 0.5) is 0 Å². The average molecular weight is 286 g/mol. The molecule has 3 N–H and O–H groups in total. The summed E-state index contributed by atoms with van der Waals surface area (Å²) in [5.41, 5.74) is 7.96. The second-order valence-corrected chi connectivity index (χ2v) is 6.07. The maximum Gasteiger partial charge on any atom is 0.0640 e. The van der Waals surface area contributed by atoms with E-state index >= 15 is 0 Å². The van der Waals surface area contributed by atoms with Gasteiger partial charge in [-0.15, -0.1) is 0 Å². The lowest BCUT2D eigenvalue weighted by atomic mass is 9.99. The van der Waals surface area contributed by atoms with E-state index < -0.39 is 0 Å².